The highest BCUT2D eigenvalue weighted by Crippen LogP contribution is 2.33. The van der Waals surface area contributed by atoms with Crippen molar-refractivity contribution in [1.82, 2.24) is 0 Å². The molecule has 0 N–H and O–H groups in total. The maximum atomic E-state index is 5.27. The van der Waals surface area contributed by atoms with Crippen LogP contribution < -0.4 is 9.47 Å². The maximum absolute atomic E-state index is 5.27. The molecule has 3 nitrogen and oxygen atoms in total. The summed E-state index contributed by atoms with van der Waals surface area (Å²) in [6.07, 6.45) is 0. The van der Waals surface area contributed by atoms with Gasteiger partial charge in [0.25, 0.3) is 0 Å². The summed E-state index contributed by atoms with van der Waals surface area (Å²) in [5.41, 5.74) is 3.74. The number of ether oxygens (including phenoxy) is 3. The van der Waals surface area contributed by atoms with Crippen molar-refractivity contribution in [2.75, 3.05) is 27.9 Å². The third-order valence-corrected chi connectivity index (χ3v) is 4.32. The van der Waals surface area contributed by atoms with Crippen molar-refractivity contribution in [1.29, 1.82) is 0 Å². The second kappa shape index (κ2) is 22.4. The number of rotatable bonds is 6. The first kappa shape index (κ1) is 32.4. The number of benzene rings is 3. The Kier molecular flexibility index (Phi) is 22.0. The Bertz CT molecular complexity index is 716. The predicted molar refractivity (Wildman–Crippen MR) is 145 cm³/mol. The molecular formula is C30H46O3. The normalized spacial score (nSPS) is 8.82. The number of methoxy groups -OCH3 is 3. The Balaban J connectivity index is 0. The van der Waals surface area contributed by atoms with Gasteiger partial charge in [-0.2, -0.15) is 0 Å². The smallest absolute Gasteiger partial charge is 0.118 e. The Labute approximate surface area is 203 Å². The van der Waals surface area contributed by atoms with Crippen LogP contribution in [0.2, 0.25) is 0 Å². The number of hydrogen-bond acceptors (Lipinski definition) is 3. The van der Waals surface area contributed by atoms with Gasteiger partial charge in [0.1, 0.15) is 11.5 Å². The molecule has 0 saturated heterocycles. The van der Waals surface area contributed by atoms with Crippen LogP contribution in [-0.4, -0.2) is 27.9 Å². The third-order valence-electron chi connectivity index (χ3n) is 4.32. The van der Waals surface area contributed by atoms with E-state index >= 15 is 0 Å². The molecule has 0 aromatic heterocycles. The average molecular weight is 455 g/mol. The monoisotopic (exact) mass is 454 g/mol. The summed E-state index contributed by atoms with van der Waals surface area (Å²) in [7, 11) is 5.06. The van der Waals surface area contributed by atoms with Crippen molar-refractivity contribution in [3.05, 3.63) is 95.6 Å². The first-order valence-corrected chi connectivity index (χ1v) is 12.0. The quantitative estimate of drug-likeness (QED) is 0.349. The summed E-state index contributed by atoms with van der Waals surface area (Å²) in [4.78, 5) is 0. The highest BCUT2D eigenvalue weighted by molar-refractivity contribution is 5.45. The zero-order valence-electron chi connectivity index (χ0n) is 22.5. The first-order chi connectivity index (χ1) is 16.2. The van der Waals surface area contributed by atoms with E-state index in [1.165, 1.54) is 16.7 Å². The van der Waals surface area contributed by atoms with E-state index in [2.05, 4.69) is 53.3 Å². The Morgan fingerprint density at radius 3 is 1.09 bits per heavy atom. The van der Waals surface area contributed by atoms with Gasteiger partial charge >= 0.3 is 0 Å². The molecule has 0 amide bonds. The Morgan fingerprint density at radius 2 is 0.818 bits per heavy atom. The number of hydrogen-bond donors (Lipinski definition) is 0. The van der Waals surface area contributed by atoms with Crippen LogP contribution in [0.1, 0.15) is 71.1 Å². The van der Waals surface area contributed by atoms with E-state index in [1.807, 2.05) is 78.8 Å². The van der Waals surface area contributed by atoms with Crippen molar-refractivity contribution in [2.45, 2.75) is 54.4 Å². The zero-order chi connectivity index (χ0) is 25.5. The van der Waals surface area contributed by atoms with Gasteiger partial charge in [0.15, 0.2) is 0 Å². The van der Waals surface area contributed by atoms with E-state index in [9.17, 15) is 0 Å². The molecule has 0 aliphatic rings. The molecule has 0 unspecified atom stereocenters. The van der Waals surface area contributed by atoms with E-state index in [4.69, 9.17) is 9.47 Å². The zero-order valence-corrected chi connectivity index (χ0v) is 22.5. The molecule has 0 saturated carbocycles. The van der Waals surface area contributed by atoms with Crippen LogP contribution in [0.25, 0.3) is 0 Å². The van der Waals surface area contributed by atoms with E-state index in [-0.39, 0.29) is 5.92 Å². The topological polar surface area (TPSA) is 27.7 Å². The standard InChI is InChI=1S/C21H20O2.C3H8O.3C2H6/c1-22-19-12-8-17(9-13-19)21(16-6-4-3-5-7-16)18-10-14-20(23-2)15-11-18;1-3-4-2;3*1-2/h3-15,21H,1-2H3;3H2,1-2H3;3*1-2H3. The summed E-state index contributed by atoms with van der Waals surface area (Å²) in [5, 5.41) is 0. The molecule has 184 valence electrons. The van der Waals surface area contributed by atoms with Crippen molar-refractivity contribution in [2.24, 2.45) is 0 Å². The van der Waals surface area contributed by atoms with Crippen molar-refractivity contribution >= 4 is 0 Å². The van der Waals surface area contributed by atoms with Crippen LogP contribution in [-0.2, 0) is 4.74 Å². The van der Waals surface area contributed by atoms with Crippen molar-refractivity contribution in [3.8, 4) is 11.5 Å². The molecule has 0 bridgehead atoms. The molecule has 0 fully saturated rings. The molecule has 0 spiro atoms. The molecule has 0 aliphatic carbocycles. The van der Waals surface area contributed by atoms with Crippen LogP contribution in [0.5, 0.6) is 11.5 Å². The van der Waals surface area contributed by atoms with Gasteiger partial charge < -0.3 is 14.2 Å². The average Bonchev–Trinajstić information content (AvgIpc) is 2.94. The van der Waals surface area contributed by atoms with Gasteiger partial charge in [-0.15, -0.1) is 0 Å². The van der Waals surface area contributed by atoms with Gasteiger partial charge in [-0.05, 0) is 47.9 Å². The van der Waals surface area contributed by atoms with Crippen molar-refractivity contribution in [3.63, 3.8) is 0 Å². The van der Waals surface area contributed by atoms with E-state index in [1.54, 1.807) is 21.3 Å². The molecule has 3 heteroatoms. The second-order valence-electron chi connectivity index (χ2n) is 5.97. The van der Waals surface area contributed by atoms with Gasteiger partial charge in [0.05, 0.1) is 14.2 Å². The molecule has 3 aromatic rings. The molecule has 0 radical (unpaired) electrons. The molecule has 3 aromatic carbocycles. The van der Waals surface area contributed by atoms with E-state index in [0.29, 0.717) is 0 Å². The predicted octanol–water partition coefficient (Wildman–Crippen LogP) is 8.62. The Morgan fingerprint density at radius 1 is 0.515 bits per heavy atom. The maximum Gasteiger partial charge on any atom is 0.118 e. The summed E-state index contributed by atoms with van der Waals surface area (Å²) >= 11 is 0. The van der Waals surface area contributed by atoms with Gasteiger partial charge in [-0.3, -0.25) is 0 Å². The first-order valence-electron chi connectivity index (χ1n) is 12.0. The fourth-order valence-electron chi connectivity index (χ4n) is 2.82. The fraction of sp³-hybridized carbons (Fsp3) is 0.400. The highest BCUT2D eigenvalue weighted by atomic mass is 16.5. The second-order valence-corrected chi connectivity index (χ2v) is 5.97. The Hall–Kier alpha value is -2.78. The lowest BCUT2D eigenvalue weighted by Gasteiger charge is -2.19. The van der Waals surface area contributed by atoms with Gasteiger partial charge in [-0.1, -0.05) is 96.1 Å². The molecule has 0 aliphatic heterocycles. The fourth-order valence-corrected chi connectivity index (χ4v) is 2.82. The SMILES string of the molecule is CC.CC.CC.CCOC.COc1ccc(C(c2ccccc2)c2ccc(OC)cc2)cc1. The van der Waals surface area contributed by atoms with Crippen LogP contribution in [0.4, 0.5) is 0 Å². The lowest BCUT2D eigenvalue weighted by molar-refractivity contribution is 0.215. The van der Waals surface area contributed by atoms with Gasteiger partial charge in [0, 0.05) is 19.6 Å². The summed E-state index contributed by atoms with van der Waals surface area (Å²) in [6, 6.07) is 27.1. The van der Waals surface area contributed by atoms with Gasteiger partial charge in [-0.25, -0.2) is 0 Å². The minimum Gasteiger partial charge on any atom is -0.497 e. The largest absolute Gasteiger partial charge is 0.497 e. The lowest BCUT2D eigenvalue weighted by atomic mass is 9.85. The van der Waals surface area contributed by atoms with Crippen LogP contribution >= 0.6 is 0 Å². The minimum atomic E-state index is 0.188. The van der Waals surface area contributed by atoms with E-state index in [0.717, 1.165) is 18.1 Å². The summed E-state index contributed by atoms with van der Waals surface area (Å²) in [5.74, 6) is 1.93. The third kappa shape index (κ3) is 12.1. The van der Waals surface area contributed by atoms with Gasteiger partial charge in [0.2, 0.25) is 0 Å². The van der Waals surface area contributed by atoms with E-state index < -0.39 is 0 Å². The van der Waals surface area contributed by atoms with Crippen molar-refractivity contribution < 1.29 is 14.2 Å². The highest BCUT2D eigenvalue weighted by Gasteiger charge is 2.16. The lowest BCUT2D eigenvalue weighted by Crippen LogP contribution is -2.03. The van der Waals surface area contributed by atoms with Crippen LogP contribution in [0.3, 0.4) is 0 Å². The molecule has 0 atom stereocenters. The molecule has 0 heterocycles. The molecule has 33 heavy (non-hydrogen) atoms. The molecular weight excluding hydrogens is 408 g/mol. The minimum absolute atomic E-state index is 0.188. The molecule has 3 rings (SSSR count). The van der Waals surface area contributed by atoms with Crippen LogP contribution in [0.15, 0.2) is 78.9 Å². The van der Waals surface area contributed by atoms with Crippen LogP contribution in [0, 0.1) is 0 Å². The summed E-state index contributed by atoms with van der Waals surface area (Å²) in [6.45, 7) is 14.8. The summed E-state index contributed by atoms with van der Waals surface area (Å²) < 4.78 is 15.1.